The molecule has 1 rings (SSSR count). The fourth-order valence-corrected chi connectivity index (χ4v) is 1.50. The molecule has 0 saturated carbocycles. The zero-order valence-corrected chi connectivity index (χ0v) is 11.2. The lowest BCUT2D eigenvalue weighted by Gasteiger charge is -2.09. The van der Waals surface area contributed by atoms with Crippen molar-refractivity contribution in [1.29, 1.82) is 0 Å². The van der Waals surface area contributed by atoms with Crippen molar-refractivity contribution < 1.29 is 19.4 Å². The van der Waals surface area contributed by atoms with Gasteiger partial charge in [0.15, 0.2) is 0 Å². The van der Waals surface area contributed by atoms with Crippen LogP contribution >= 0.6 is 0 Å². The summed E-state index contributed by atoms with van der Waals surface area (Å²) in [5.74, 6) is -1.05. The lowest BCUT2D eigenvalue weighted by Crippen LogP contribution is -2.20. The van der Waals surface area contributed by atoms with Gasteiger partial charge in [-0.1, -0.05) is 12.1 Å². The summed E-state index contributed by atoms with van der Waals surface area (Å²) in [5.41, 5.74) is 1.53. The summed E-state index contributed by atoms with van der Waals surface area (Å²) >= 11 is 0. The van der Waals surface area contributed by atoms with Gasteiger partial charge in [0, 0.05) is 12.1 Å². The largest absolute Gasteiger partial charge is 0.481 e. The van der Waals surface area contributed by atoms with Crippen molar-refractivity contribution in [1.82, 2.24) is 0 Å². The first-order valence-corrected chi connectivity index (χ1v) is 6.19. The van der Waals surface area contributed by atoms with Crippen molar-refractivity contribution in [3.8, 4) is 0 Å². The SMILES string of the molecule is CC(C)OCC(=O)Nc1cccc(CCC(=O)O)c1. The Morgan fingerprint density at radius 3 is 2.74 bits per heavy atom. The van der Waals surface area contributed by atoms with Crippen LogP contribution in [0.15, 0.2) is 24.3 Å². The molecular weight excluding hydrogens is 246 g/mol. The predicted octanol–water partition coefficient (Wildman–Crippen LogP) is 2.07. The van der Waals surface area contributed by atoms with E-state index in [-0.39, 0.29) is 25.0 Å². The summed E-state index contributed by atoms with van der Waals surface area (Å²) in [6.07, 6.45) is 0.530. The summed E-state index contributed by atoms with van der Waals surface area (Å²) in [5, 5.41) is 11.3. The third-order valence-electron chi connectivity index (χ3n) is 2.39. The molecule has 5 heteroatoms. The quantitative estimate of drug-likeness (QED) is 0.791. The van der Waals surface area contributed by atoms with Crippen LogP contribution in [0.2, 0.25) is 0 Å². The van der Waals surface area contributed by atoms with Gasteiger partial charge in [-0.2, -0.15) is 0 Å². The van der Waals surface area contributed by atoms with Crippen LogP contribution in [0.25, 0.3) is 0 Å². The van der Waals surface area contributed by atoms with Crippen LogP contribution in [0.1, 0.15) is 25.8 Å². The molecule has 0 aliphatic carbocycles. The Morgan fingerprint density at radius 1 is 1.37 bits per heavy atom. The number of rotatable bonds is 7. The number of carbonyl (C=O) groups is 2. The molecule has 0 aliphatic rings. The molecule has 0 heterocycles. The van der Waals surface area contributed by atoms with Gasteiger partial charge < -0.3 is 15.2 Å². The van der Waals surface area contributed by atoms with E-state index >= 15 is 0 Å². The van der Waals surface area contributed by atoms with Gasteiger partial charge in [-0.15, -0.1) is 0 Å². The summed E-state index contributed by atoms with van der Waals surface area (Å²) in [7, 11) is 0. The molecule has 1 aromatic carbocycles. The number of hydrogen-bond acceptors (Lipinski definition) is 3. The highest BCUT2D eigenvalue weighted by Gasteiger charge is 2.05. The number of anilines is 1. The smallest absolute Gasteiger partial charge is 0.303 e. The topological polar surface area (TPSA) is 75.6 Å². The van der Waals surface area contributed by atoms with Crippen LogP contribution in [0.3, 0.4) is 0 Å². The van der Waals surface area contributed by atoms with Crippen molar-refractivity contribution in [3.63, 3.8) is 0 Å². The number of nitrogens with one attached hydrogen (secondary N) is 1. The summed E-state index contributed by atoms with van der Waals surface area (Å²) < 4.78 is 5.20. The van der Waals surface area contributed by atoms with Gasteiger partial charge in [0.1, 0.15) is 6.61 Å². The van der Waals surface area contributed by atoms with E-state index in [0.717, 1.165) is 5.56 Å². The first-order chi connectivity index (χ1) is 8.97. The predicted molar refractivity (Wildman–Crippen MR) is 72.1 cm³/mol. The fourth-order valence-electron chi connectivity index (χ4n) is 1.50. The Hall–Kier alpha value is -1.88. The maximum Gasteiger partial charge on any atom is 0.303 e. The van der Waals surface area contributed by atoms with E-state index in [4.69, 9.17) is 9.84 Å². The van der Waals surface area contributed by atoms with E-state index in [2.05, 4.69) is 5.32 Å². The second kappa shape index (κ2) is 7.53. The molecule has 19 heavy (non-hydrogen) atoms. The van der Waals surface area contributed by atoms with Gasteiger partial charge in [-0.05, 0) is 38.0 Å². The standard InChI is InChI=1S/C14H19NO4/c1-10(2)19-9-13(16)15-12-5-3-4-11(8-12)6-7-14(17)18/h3-5,8,10H,6-7,9H2,1-2H3,(H,15,16)(H,17,18). The molecule has 0 unspecified atom stereocenters. The van der Waals surface area contributed by atoms with Crippen LogP contribution in [0.4, 0.5) is 5.69 Å². The minimum atomic E-state index is -0.834. The Labute approximate surface area is 112 Å². The van der Waals surface area contributed by atoms with E-state index in [9.17, 15) is 9.59 Å². The van der Waals surface area contributed by atoms with E-state index in [1.807, 2.05) is 19.9 Å². The Bertz CT molecular complexity index is 443. The Balaban J connectivity index is 2.51. The lowest BCUT2D eigenvalue weighted by atomic mass is 10.1. The number of benzene rings is 1. The molecule has 0 fully saturated rings. The number of carbonyl (C=O) groups excluding carboxylic acids is 1. The van der Waals surface area contributed by atoms with Crippen molar-refractivity contribution in [3.05, 3.63) is 29.8 Å². The molecule has 0 aromatic heterocycles. The monoisotopic (exact) mass is 265 g/mol. The normalized spacial score (nSPS) is 10.5. The van der Waals surface area contributed by atoms with E-state index in [1.165, 1.54) is 0 Å². The third kappa shape index (κ3) is 6.57. The number of aliphatic carboxylic acids is 1. The number of amides is 1. The van der Waals surface area contributed by atoms with E-state index in [1.54, 1.807) is 18.2 Å². The number of hydrogen-bond donors (Lipinski definition) is 2. The average molecular weight is 265 g/mol. The molecule has 1 aromatic rings. The minimum Gasteiger partial charge on any atom is -0.481 e. The van der Waals surface area contributed by atoms with Crippen LogP contribution in [-0.2, 0) is 20.7 Å². The van der Waals surface area contributed by atoms with Crippen molar-refractivity contribution >= 4 is 17.6 Å². The molecular formula is C14H19NO4. The first-order valence-electron chi connectivity index (χ1n) is 6.19. The van der Waals surface area contributed by atoms with E-state index in [0.29, 0.717) is 12.1 Å². The van der Waals surface area contributed by atoms with Gasteiger partial charge in [0.05, 0.1) is 6.10 Å². The van der Waals surface area contributed by atoms with Crippen molar-refractivity contribution in [2.75, 3.05) is 11.9 Å². The molecule has 1 amide bonds. The van der Waals surface area contributed by atoms with Gasteiger partial charge in [0.2, 0.25) is 5.91 Å². The van der Waals surface area contributed by atoms with Gasteiger partial charge >= 0.3 is 5.97 Å². The minimum absolute atomic E-state index is 0.00708. The maximum atomic E-state index is 11.6. The summed E-state index contributed by atoms with van der Waals surface area (Å²) in [4.78, 5) is 22.1. The number of carboxylic acid groups (broad SMARTS) is 1. The Morgan fingerprint density at radius 2 is 2.11 bits per heavy atom. The van der Waals surface area contributed by atoms with Crippen LogP contribution in [0.5, 0.6) is 0 Å². The molecule has 0 radical (unpaired) electrons. The lowest BCUT2D eigenvalue weighted by molar-refractivity contribution is -0.137. The van der Waals surface area contributed by atoms with Crippen LogP contribution < -0.4 is 5.32 Å². The fraction of sp³-hybridized carbons (Fsp3) is 0.429. The van der Waals surface area contributed by atoms with Gasteiger partial charge in [0.25, 0.3) is 0 Å². The molecule has 0 saturated heterocycles. The third-order valence-corrected chi connectivity index (χ3v) is 2.39. The molecule has 0 spiro atoms. The highest BCUT2D eigenvalue weighted by molar-refractivity contribution is 5.91. The van der Waals surface area contributed by atoms with Crippen LogP contribution in [0, 0.1) is 0 Å². The van der Waals surface area contributed by atoms with Crippen molar-refractivity contribution in [2.24, 2.45) is 0 Å². The molecule has 0 aliphatic heterocycles. The highest BCUT2D eigenvalue weighted by Crippen LogP contribution is 2.12. The maximum absolute atomic E-state index is 11.6. The van der Waals surface area contributed by atoms with Crippen LogP contribution in [-0.4, -0.2) is 29.7 Å². The first kappa shape index (κ1) is 15.2. The average Bonchev–Trinajstić information content (AvgIpc) is 2.34. The molecule has 2 N–H and O–H groups in total. The number of aryl methyl sites for hydroxylation is 1. The second-order valence-electron chi connectivity index (χ2n) is 4.50. The zero-order valence-electron chi connectivity index (χ0n) is 11.2. The number of carboxylic acids is 1. The number of ether oxygens (including phenoxy) is 1. The summed E-state index contributed by atoms with van der Waals surface area (Å²) in [6, 6.07) is 7.16. The van der Waals surface area contributed by atoms with Gasteiger partial charge in [-0.25, -0.2) is 0 Å². The molecule has 5 nitrogen and oxygen atoms in total. The molecule has 0 bridgehead atoms. The van der Waals surface area contributed by atoms with Crippen molar-refractivity contribution in [2.45, 2.75) is 32.8 Å². The summed E-state index contributed by atoms with van der Waals surface area (Å²) in [6.45, 7) is 3.73. The second-order valence-corrected chi connectivity index (χ2v) is 4.50. The van der Waals surface area contributed by atoms with E-state index < -0.39 is 5.97 Å². The molecule has 104 valence electrons. The highest BCUT2D eigenvalue weighted by atomic mass is 16.5. The van der Waals surface area contributed by atoms with Gasteiger partial charge in [-0.3, -0.25) is 9.59 Å². The Kier molecular flexibility index (Phi) is 6.02. The zero-order chi connectivity index (χ0) is 14.3. The molecule has 0 atom stereocenters.